The molecule has 0 atom stereocenters. The van der Waals surface area contributed by atoms with Crippen molar-refractivity contribution in [3.63, 3.8) is 0 Å². The minimum Gasteiger partial charge on any atom is -0.339 e. The van der Waals surface area contributed by atoms with Crippen LogP contribution >= 0.6 is 0 Å². The van der Waals surface area contributed by atoms with Gasteiger partial charge in [0.1, 0.15) is 0 Å². The van der Waals surface area contributed by atoms with Gasteiger partial charge < -0.3 is 10.2 Å². The van der Waals surface area contributed by atoms with E-state index in [2.05, 4.69) is 58.7 Å². The van der Waals surface area contributed by atoms with Gasteiger partial charge in [0.15, 0.2) is 0 Å². The van der Waals surface area contributed by atoms with E-state index < -0.39 is 0 Å². The van der Waals surface area contributed by atoms with Gasteiger partial charge in [0.2, 0.25) is 5.91 Å². The Bertz CT molecular complexity index is 652. The third-order valence-electron chi connectivity index (χ3n) is 4.91. The molecular weight excluding hydrogens is 322 g/mol. The number of aryl methyl sites for hydroxylation is 1. The van der Waals surface area contributed by atoms with Crippen LogP contribution in [-0.2, 0) is 17.8 Å². The highest BCUT2D eigenvalue weighted by Crippen LogP contribution is 2.08. The van der Waals surface area contributed by atoms with Crippen molar-refractivity contribution in [2.75, 3.05) is 39.3 Å². The first-order valence-electron chi connectivity index (χ1n) is 9.60. The molecule has 2 aromatic rings. The number of benzene rings is 2. The quantitative estimate of drug-likeness (QED) is 0.743. The molecule has 4 nitrogen and oxygen atoms in total. The molecule has 138 valence electrons. The van der Waals surface area contributed by atoms with Gasteiger partial charge in [0, 0.05) is 32.7 Å². The highest BCUT2D eigenvalue weighted by molar-refractivity contribution is 5.78. The molecule has 1 saturated heterocycles. The zero-order valence-corrected chi connectivity index (χ0v) is 15.4. The fraction of sp³-hybridized carbons (Fsp3) is 0.409. The number of amides is 1. The Morgan fingerprint density at radius 3 is 2.12 bits per heavy atom. The molecule has 0 radical (unpaired) electrons. The Kier molecular flexibility index (Phi) is 7.23. The maximum absolute atomic E-state index is 12.3. The summed E-state index contributed by atoms with van der Waals surface area (Å²) in [5, 5.41) is 3.30. The Balaban J connectivity index is 1.29. The predicted molar refractivity (Wildman–Crippen MR) is 106 cm³/mol. The summed E-state index contributed by atoms with van der Waals surface area (Å²) in [6, 6.07) is 21.0. The second-order valence-corrected chi connectivity index (χ2v) is 6.91. The van der Waals surface area contributed by atoms with Gasteiger partial charge in [-0.1, -0.05) is 60.7 Å². The van der Waals surface area contributed by atoms with E-state index in [1.807, 2.05) is 17.0 Å². The summed E-state index contributed by atoms with van der Waals surface area (Å²) in [4.78, 5) is 16.8. The van der Waals surface area contributed by atoms with Gasteiger partial charge in [-0.15, -0.1) is 0 Å². The molecule has 0 aliphatic carbocycles. The van der Waals surface area contributed by atoms with Gasteiger partial charge >= 0.3 is 0 Å². The fourth-order valence-electron chi connectivity index (χ4n) is 3.37. The minimum atomic E-state index is 0.226. The van der Waals surface area contributed by atoms with Crippen LogP contribution < -0.4 is 5.32 Å². The van der Waals surface area contributed by atoms with Gasteiger partial charge in [0.25, 0.3) is 0 Å². The number of hydrogen-bond acceptors (Lipinski definition) is 3. The first kappa shape index (κ1) is 18.6. The van der Waals surface area contributed by atoms with Gasteiger partial charge in [-0.3, -0.25) is 9.69 Å². The third kappa shape index (κ3) is 5.97. The lowest BCUT2D eigenvalue weighted by Gasteiger charge is -2.34. The molecule has 3 rings (SSSR count). The fourth-order valence-corrected chi connectivity index (χ4v) is 3.37. The van der Waals surface area contributed by atoms with Gasteiger partial charge in [-0.25, -0.2) is 0 Å². The smallest absolute Gasteiger partial charge is 0.236 e. The Morgan fingerprint density at radius 2 is 1.46 bits per heavy atom. The third-order valence-corrected chi connectivity index (χ3v) is 4.91. The zero-order valence-electron chi connectivity index (χ0n) is 15.4. The molecule has 26 heavy (non-hydrogen) atoms. The Labute approximate surface area is 156 Å². The number of carbonyl (C=O) groups excluding carboxylic acids is 1. The van der Waals surface area contributed by atoms with Crippen LogP contribution in [0, 0.1) is 0 Å². The van der Waals surface area contributed by atoms with Crippen LogP contribution in [-0.4, -0.2) is 55.0 Å². The van der Waals surface area contributed by atoms with E-state index >= 15 is 0 Å². The molecule has 1 amide bonds. The molecule has 1 heterocycles. The van der Waals surface area contributed by atoms with E-state index in [9.17, 15) is 4.79 Å². The summed E-state index contributed by atoms with van der Waals surface area (Å²) in [5.74, 6) is 0.226. The molecular formula is C22H29N3O. The Hall–Kier alpha value is -2.17. The average molecular weight is 351 g/mol. The number of carbonyl (C=O) groups is 1. The van der Waals surface area contributed by atoms with Gasteiger partial charge in [-0.05, 0) is 30.5 Å². The lowest BCUT2D eigenvalue weighted by Crippen LogP contribution is -2.50. The number of nitrogens with one attached hydrogen (secondary N) is 1. The van der Waals surface area contributed by atoms with Crippen LogP contribution in [0.5, 0.6) is 0 Å². The van der Waals surface area contributed by atoms with E-state index in [0.717, 1.165) is 52.1 Å². The standard InChI is InChI=1S/C22H29N3O/c26-22(18-23-13-7-12-20-8-3-1-4-9-20)25-16-14-24(15-17-25)19-21-10-5-2-6-11-21/h1-6,8-11,23H,7,12-19H2. The first-order valence-corrected chi connectivity index (χ1v) is 9.60. The van der Waals surface area contributed by atoms with Crippen LogP contribution in [0.3, 0.4) is 0 Å². The summed E-state index contributed by atoms with van der Waals surface area (Å²) in [6.45, 7) is 5.88. The van der Waals surface area contributed by atoms with E-state index in [1.165, 1.54) is 11.1 Å². The summed E-state index contributed by atoms with van der Waals surface area (Å²) in [6.07, 6.45) is 2.11. The molecule has 0 aromatic heterocycles. The van der Waals surface area contributed by atoms with E-state index in [-0.39, 0.29) is 5.91 Å². The summed E-state index contributed by atoms with van der Waals surface area (Å²) < 4.78 is 0. The number of hydrogen-bond donors (Lipinski definition) is 1. The normalized spacial score (nSPS) is 15.2. The SMILES string of the molecule is O=C(CNCCCc1ccccc1)N1CCN(Cc2ccccc2)CC1. The lowest BCUT2D eigenvalue weighted by atomic mass is 10.1. The van der Waals surface area contributed by atoms with Crippen molar-refractivity contribution >= 4 is 5.91 Å². The maximum atomic E-state index is 12.3. The summed E-state index contributed by atoms with van der Waals surface area (Å²) in [5.41, 5.74) is 2.70. The number of piperazine rings is 1. The molecule has 0 unspecified atom stereocenters. The maximum Gasteiger partial charge on any atom is 0.236 e. The van der Waals surface area contributed by atoms with Crippen molar-refractivity contribution in [2.45, 2.75) is 19.4 Å². The summed E-state index contributed by atoms with van der Waals surface area (Å²) >= 11 is 0. The molecule has 1 N–H and O–H groups in total. The van der Waals surface area contributed by atoms with E-state index in [0.29, 0.717) is 6.54 Å². The predicted octanol–water partition coefficient (Wildman–Crippen LogP) is 2.55. The second-order valence-electron chi connectivity index (χ2n) is 6.91. The first-order chi connectivity index (χ1) is 12.8. The molecule has 1 fully saturated rings. The summed E-state index contributed by atoms with van der Waals surface area (Å²) in [7, 11) is 0. The number of nitrogens with zero attached hydrogens (tertiary/aromatic N) is 2. The molecule has 0 bridgehead atoms. The molecule has 0 spiro atoms. The highest BCUT2D eigenvalue weighted by atomic mass is 16.2. The van der Waals surface area contributed by atoms with Crippen molar-refractivity contribution in [3.8, 4) is 0 Å². The number of rotatable bonds is 8. The van der Waals surface area contributed by atoms with Crippen molar-refractivity contribution in [1.82, 2.24) is 15.1 Å². The van der Waals surface area contributed by atoms with Crippen molar-refractivity contribution < 1.29 is 4.79 Å². The monoisotopic (exact) mass is 351 g/mol. The molecule has 1 aliphatic heterocycles. The van der Waals surface area contributed by atoms with Crippen molar-refractivity contribution in [2.24, 2.45) is 0 Å². The van der Waals surface area contributed by atoms with Crippen molar-refractivity contribution in [3.05, 3.63) is 71.8 Å². The van der Waals surface area contributed by atoms with Crippen LogP contribution in [0.15, 0.2) is 60.7 Å². The van der Waals surface area contributed by atoms with Gasteiger partial charge in [0.05, 0.1) is 6.54 Å². The zero-order chi connectivity index (χ0) is 18.0. The van der Waals surface area contributed by atoms with E-state index in [1.54, 1.807) is 0 Å². The molecule has 4 heteroatoms. The van der Waals surface area contributed by atoms with Crippen LogP contribution in [0.4, 0.5) is 0 Å². The molecule has 1 aliphatic rings. The minimum absolute atomic E-state index is 0.226. The van der Waals surface area contributed by atoms with Crippen molar-refractivity contribution in [1.29, 1.82) is 0 Å². The second kappa shape index (κ2) is 10.1. The average Bonchev–Trinajstić information content (AvgIpc) is 2.70. The topological polar surface area (TPSA) is 35.6 Å². The van der Waals surface area contributed by atoms with Crippen LogP contribution in [0.1, 0.15) is 17.5 Å². The molecule has 0 saturated carbocycles. The van der Waals surface area contributed by atoms with E-state index in [4.69, 9.17) is 0 Å². The van der Waals surface area contributed by atoms with Gasteiger partial charge in [-0.2, -0.15) is 0 Å². The van der Waals surface area contributed by atoms with Crippen LogP contribution in [0.25, 0.3) is 0 Å². The Morgan fingerprint density at radius 1 is 0.846 bits per heavy atom. The lowest BCUT2D eigenvalue weighted by molar-refractivity contribution is -0.132. The largest absolute Gasteiger partial charge is 0.339 e. The molecule has 2 aromatic carbocycles. The van der Waals surface area contributed by atoms with Crippen LogP contribution in [0.2, 0.25) is 0 Å². The highest BCUT2D eigenvalue weighted by Gasteiger charge is 2.20.